The van der Waals surface area contributed by atoms with Gasteiger partial charge in [0, 0.05) is 90.0 Å². The number of imide groups is 1. The van der Waals surface area contributed by atoms with Crippen LogP contribution in [0.15, 0.2) is 47.5 Å². The molecular formula is C41H47ClN10O5S. The topological polar surface area (TPSA) is 194 Å². The average Bonchev–Trinajstić information content (AvgIpc) is 3.63. The van der Waals surface area contributed by atoms with Gasteiger partial charge in [0.25, 0.3) is 5.91 Å². The van der Waals surface area contributed by atoms with Gasteiger partial charge < -0.3 is 15.1 Å². The molecule has 7 rings (SSSR count). The van der Waals surface area contributed by atoms with Crippen molar-refractivity contribution in [2.75, 3.05) is 42.9 Å². The SMILES string of the molecule is CC(=N)N1C(=N)[C@H](CC(=O)NN2CCN(C(=O)CCCCNc3cccc4c3CN(C3CCC(=O)NC3=O)C4=O)CC2)N=C(c2ccc(Cl)cc2)c2c1sc(C)c2C. The van der Waals surface area contributed by atoms with Crippen LogP contribution in [0.2, 0.25) is 5.02 Å². The van der Waals surface area contributed by atoms with Crippen LogP contribution in [-0.4, -0.2) is 107 Å². The van der Waals surface area contributed by atoms with Crippen molar-refractivity contribution in [2.24, 2.45) is 4.99 Å². The van der Waals surface area contributed by atoms with Crippen LogP contribution in [0.3, 0.4) is 0 Å². The van der Waals surface area contributed by atoms with Gasteiger partial charge in [0.1, 0.15) is 28.8 Å². The van der Waals surface area contributed by atoms with E-state index in [9.17, 15) is 24.0 Å². The summed E-state index contributed by atoms with van der Waals surface area (Å²) in [6.07, 6.45) is 2.20. The lowest BCUT2D eigenvalue weighted by atomic mass is 9.99. The van der Waals surface area contributed by atoms with Gasteiger partial charge in [-0.25, -0.2) is 5.01 Å². The number of rotatable bonds is 11. The standard InChI is InChI=1S/C41H47ClN10O5S/c1-23-24(2)58-41-36(23)37(26-10-12-27(42)13-11-26)46-31(38(44)52(41)25(3)43)21-34(54)48-50-19-17-49(18-20-50)35(55)9-4-5-16-45-30-8-6-7-28-29(30)22-51(40(28)57)32-14-15-33(53)47-39(32)56/h6-8,10-13,31-32,43-45H,4-5,9,14-22H2,1-3H3,(H,48,54)(H,47,53,56)/t31-,32?/m0/s1. The predicted octanol–water partition coefficient (Wildman–Crippen LogP) is 4.63. The number of fused-ring (bicyclic) bond motifs is 2. The molecule has 1 aromatic heterocycles. The van der Waals surface area contributed by atoms with E-state index in [0.29, 0.717) is 68.3 Å². The highest BCUT2D eigenvalue weighted by atomic mass is 35.5. The van der Waals surface area contributed by atoms with Gasteiger partial charge in [-0.2, -0.15) is 0 Å². The third kappa shape index (κ3) is 8.40. The molecule has 5 amide bonds. The number of nitrogens with zero attached hydrogens (tertiary/aromatic N) is 5. The summed E-state index contributed by atoms with van der Waals surface area (Å²) >= 11 is 7.71. The molecule has 4 aliphatic heterocycles. The molecule has 0 bridgehead atoms. The van der Waals surface area contributed by atoms with Crippen molar-refractivity contribution < 1.29 is 24.0 Å². The lowest BCUT2D eigenvalue weighted by Crippen LogP contribution is -2.55. The van der Waals surface area contributed by atoms with E-state index in [-0.39, 0.29) is 54.7 Å². The fraction of sp³-hybridized carbons (Fsp3) is 0.415. The molecule has 15 nitrogen and oxygen atoms in total. The summed E-state index contributed by atoms with van der Waals surface area (Å²) in [6.45, 7) is 8.37. The first-order valence-electron chi connectivity index (χ1n) is 19.5. The number of unbranched alkanes of at least 4 members (excludes halogenated alkanes) is 1. The number of benzene rings is 2. The third-order valence-corrected chi connectivity index (χ3v) is 12.6. The first kappa shape index (κ1) is 40.7. The Labute approximate surface area is 345 Å². The molecule has 17 heteroatoms. The maximum atomic E-state index is 13.5. The van der Waals surface area contributed by atoms with E-state index >= 15 is 0 Å². The number of thiophene rings is 1. The second-order valence-electron chi connectivity index (χ2n) is 15.0. The molecule has 0 saturated carbocycles. The summed E-state index contributed by atoms with van der Waals surface area (Å²) < 4.78 is 0. The number of carbonyl (C=O) groups is 5. The van der Waals surface area contributed by atoms with Crippen molar-refractivity contribution in [1.29, 1.82) is 10.8 Å². The fourth-order valence-corrected chi connectivity index (χ4v) is 9.24. The van der Waals surface area contributed by atoms with Crippen LogP contribution in [0.1, 0.15) is 82.9 Å². The van der Waals surface area contributed by atoms with Crippen molar-refractivity contribution in [2.45, 2.75) is 77.9 Å². The Morgan fingerprint density at radius 3 is 2.48 bits per heavy atom. The first-order chi connectivity index (χ1) is 27.8. The van der Waals surface area contributed by atoms with E-state index in [1.807, 2.05) is 36.9 Å². The predicted molar refractivity (Wildman–Crippen MR) is 224 cm³/mol. The summed E-state index contributed by atoms with van der Waals surface area (Å²) in [7, 11) is 0. The highest BCUT2D eigenvalue weighted by molar-refractivity contribution is 7.17. The van der Waals surface area contributed by atoms with E-state index < -0.39 is 18.0 Å². The molecule has 2 atom stereocenters. The molecule has 3 aromatic rings. The Morgan fingerprint density at radius 2 is 1.78 bits per heavy atom. The van der Waals surface area contributed by atoms with Crippen LogP contribution in [0.5, 0.6) is 0 Å². The van der Waals surface area contributed by atoms with Gasteiger partial charge in [0.05, 0.1) is 12.1 Å². The Balaban J connectivity index is 0.885. The Hall–Kier alpha value is -5.45. The highest BCUT2D eigenvalue weighted by Gasteiger charge is 2.40. The van der Waals surface area contributed by atoms with Crippen LogP contribution >= 0.6 is 22.9 Å². The zero-order valence-electron chi connectivity index (χ0n) is 32.7. The number of piperazine rings is 1. The molecule has 4 aliphatic rings. The Morgan fingerprint density at radius 1 is 1.03 bits per heavy atom. The van der Waals surface area contributed by atoms with Gasteiger partial charge >= 0.3 is 0 Å². The Bertz CT molecular complexity index is 2210. The van der Waals surface area contributed by atoms with E-state index in [4.69, 9.17) is 27.4 Å². The maximum absolute atomic E-state index is 13.5. The number of anilines is 2. The number of amides is 5. The molecule has 0 radical (unpaired) electrons. The van der Waals surface area contributed by atoms with Crippen LogP contribution in [0.25, 0.3) is 0 Å². The van der Waals surface area contributed by atoms with E-state index in [0.717, 1.165) is 44.2 Å². The Kier molecular flexibility index (Phi) is 12.1. The number of halogens is 1. The lowest BCUT2D eigenvalue weighted by molar-refractivity contribution is -0.137. The molecule has 0 aliphatic carbocycles. The summed E-state index contributed by atoms with van der Waals surface area (Å²) in [5.74, 6) is -1.02. The number of amidine groups is 2. The second kappa shape index (κ2) is 17.2. The van der Waals surface area contributed by atoms with E-state index in [1.165, 1.54) is 16.2 Å². The zero-order valence-corrected chi connectivity index (χ0v) is 34.3. The zero-order chi connectivity index (χ0) is 41.2. The lowest BCUT2D eigenvalue weighted by Gasteiger charge is -2.35. The van der Waals surface area contributed by atoms with Gasteiger partial charge in [-0.15, -0.1) is 11.3 Å². The minimum atomic E-state index is -0.847. The normalized spacial score (nSPS) is 19.7. The number of hydrogen-bond donors (Lipinski definition) is 5. The van der Waals surface area contributed by atoms with Gasteiger partial charge in [-0.1, -0.05) is 29.8 Å². The number of hydrogen-bond acceptors (Lipinski definition) is 11. The van der Waals surface area contributed by atoms with Crippen molar-refractivity contribution >= 4 is 80.5 Å². The van der Waals surface area contributed by atoms with E-state index in [2.05, 4.69) is 16.1 Å². The highest BCUT2D eigenvalue weighted by Crippen LogP contribution is 2.40. The number of piperidine rings is 1. The molecule has 0 spiro atoms. The number of carbonyl (C=O) groups excluding carboxylic acids is 5. The van der Waals surface area contributed by atoms with Crippen LogP contribution in [0.4, 0.5) is 10.7 Å². The number of hydrazine groups is 1. The second-order valence-corrected chi connectivity index (χ2v) is 16.6. The van der Waals surface area contributed by atoms with Crippen LogP contribution in [-0.2, 0) is 25.7 Å². The third-order valence-electron chi connectivity index (χ3n) is 11.1. The largest absolute Gasteiger partial charge is 0.385 e. The molecule has 5 heterocycles. The number of aryl methyl sites for hydroxylation is 1. The number of nitrogens with one attached hydrogen (secondary N) is 5. The summed E-state index contributed by atoms with van der Waals surface area (Å²) in [6, 6.07) is 11.3. The minimum absolute atomic E-state index is 0.0492. The quantitative estimate of drug-likeness (QED) is 0.0800. The van der Waals surface area contributed by atoms with Gasteiger partial charge in [-0.05, 0) is 69.9 Å². The fourth-order valence-electron chi connectivity index (χ4n) is 7.89. The molecule has 5 N–H and O–H groups in total. The molecule has 2 aromatic carbocycles. The molecular weight excluding hydrogens is 780 g/mol. The smallest absolute Gasteiger partial charge is 0.255 e. The molecule has 1 unspecified atom stereocenters. The van der Waals surface area contributed by atoms with Crippen molar-refractivity contribution in [3.8, 4) is 0 Å². The first-order valence-corrected chi connectivity index (χ1v) is 20.7. The summed E-state index contributed by atoms with van der Waals surface area (Å²) in [5.41, 5.74) is 8.48. The minimum Gasteiger partial charge on any atom is -0.385 e. The monoisotopic (exact) mass is 826 g/mol. The van der Waals surface area contributed by atoms with Crippen molar-refractivity contribution in [3.05, 3.63) is 80.2 Å². The van der Waals surface area contributed by atoms with Crippen LogP contribution < -0.4 is 21.0 Å². The van der Waals surface area contributed by atoms with Gasteiger partial charge in [0.2, 0.25) is 23.6 Å². The molecule has 58 heavy (non-hydrogen) atoms. The summed E-state index contributed by atoms with van der Waals surface area (Å²) in [4.78, 5) is 74.8. The number of aliphatic imine (C=N–C) groups is 1. The molecule has 304 valence electrons. The van der Waals surface area contributed by atoms with Gasteiger partial charge in [0.15, 0.2) is 0 Å². The maximum Gasteiger partial charge on any atom is 0.255 e. The van der Waals surface area contributed by atoms with E-state index in [1.54, 1.807) is 41.1 Å². The van der Waals surface area contributed by atoms with Crippen molar-refractivity contribution in [3.63, 3.8) is 0 Å². The van der Waals surface area contributed by atoms with Gasteiger partial charge in [-0.3, -0.25) is 55.4 Å². The summed E-state index contributed by atoms with van der Waals surface area (Å²) in [5, 5.41) is 26.6. The molecule has 2 saturated heterocycles. The van der Waals surface area contributed by atoms with Crippen LogP contribution in [0, 0.1) is 24.7 Å². The average molecular weight is 827 g/mol. The molecule has 2 fully saturated rings. The van der Waals surface area contributed by atoms with Crippen molar-refractivity contribution in [1.82, 2.24) is 25.6 Å².